The summed E-state index contributed by atoms with van der Waals surface area (Å²) in [5.41, 5.74) is 3.35. The van der Waals surface area contributed by atoms with Crippen LogP contribution in [0.3, 0.4) is 0 Å². The van der Waals surface area contributed by atoms with Crippen LogP contribution in [0.5, 0.6) is 0 Å². The highest BCUT2D eigenvalue weighted by molar-refractivity contribution is 5.94. The van der Waals surface area contributed by atoms with Crippen molar-refractivity contribution in [3.05, 3.63) is 29.3 Å². The van der Waals surface area contributed by atoms with Gasteiger partial charge in [-0.05, 0) is 29.9 Å². The number of nitrogens with zero attached hydrogens (tertiary/aromatic N) is 3. The lowest BCUT2D eigenvalue weighted by atomic mass is 9.92. The summed E-state index contributed by atoms with van der Waals surface area (Å²) >= 11 is 0. The van der Waals surface area contributed by atoms with Gasteiger partial charge in [-0.3, -0.25) is 19.4 Å². The summed E-state index contributed by atoms with van der Waals surface area (Å²) in [5.74, 6) is 0.910. The molecule has 0 aliphatic carbocycles. The maximum absolute atomic E-state index is 12.9. The number of hydrogen-bond acceptors (Lipinski definition) is 5. The quantitative estimate of drug-likeness (QED) is 0.701. The van der Waals surface area contributed by atoms with Crippen molar-refractivity contribution in [2.75, 3.05) is 64.3 Å². The number of carbonyl (C=O) groups is 2. The van der Waals surface area contributed by atoms with E-state index in [2.05, 4.69) is 61.0 Å². The second-order valence-electron chi connectivity index (χ2n) is 9.59. The van der Waals surface area contributed by atoms with Gasteiger partial charge in [0.05, 0.1) is 25.8 Å². The molecule has 0 radical (unpaired) electrons. The zero-order chi connectivity index (χ0) is 23.3. The van der Waals surface area contributed by atoms with Gasteiger partial charge < -0.3 is 15.0 Å². The molecule has 2 aliphatic heterocycles. The molecule has 2 fully saturated rings. The summed E-state index contributed by atoms with van der Waals surface area (Å²) in [5, 5.41) is 3.22. The molecule has 1 unspecified atom stereocenters. The molecule has 0 aromatic heterocycles. The standard InChI is InChI=1S/C25H40N4O3/c1-18(2)21-7-6-8-22(19(3)4)24(21)26-23(30)17-27-9-11-28(12-10-27)20(5)25(31)29-13-15-32-16-14-29/h6-8,18-20H,9-17H2,1-5H3,(H,26,30). The zero-order valence-electron chi connectivity index (χ0n) is 20.4. The molecule has 1 aromatic rings. The molecular weight excluding hydrogens is 404 g/mol. The van der Waals surface area contributed by atoms with Crippen molar-refractivity contribution in [3.63, 3.8) is 0 Å². The molecule has 0 saturated carbocycles. The van der Waals surface area contributed by atoms with E-state index < -0.39 is 0 Å². The average Bonchev–Trinajstić information content (AvgIpc) is 2.79. The average molecular weight is 445 g/mol. The fourth-order valence-corrected chi connectivity index (χ4v) is 4.59. The predicted octanol–water partition coefficient (Wildman–Crippen LogP) is 2.74. The van der Waals surface area contributed by atoms with E-state index in [1.54, 1.807) is 0 Å². The molecule has 2 aliphatic rings. The molecule has 0 spiro atoms. The summed E-state index contributed by atoms with van der Waals surface area (Å²) in [6.45, 7) is 16.8. The van der Waals surface area contributed by atoms with E-state index in [1.807, 2.05) is 11.8 Å². The van der Waals surface area contributed by atoms with Crippen LogP contribution in [-0.2, 0) is 14.3 Å². The van der Waals surface area contributed by atoms with E-state index in [1.165, 1.54) is 11.1 Å². The number of benzene rings is 1. The molecule has 0 bridgehead atoms. The van der Waals surface area contributed by atoms with Crippen molar-refractivity contribution in [1.82, 2.24) is 14.7 Å². The first kappa shape index (κ1) is 24.7. The van der Waals surface area contributed by atoms with Gasteiger partial charge in [-0.1, -0.05) is 45.9 Å². The molecule has 2 amide bonds. The zero-order valence-corrected chi connectivity index (χ0v) is 20.4. The highest BCUT2D eigenvalue weighted by Gasteiger charge is 2.30. The maximum atomic E-state index is 12.9. The van der Waals surface area contributed by atoms with Crippen molar-refractivity contribution >= 4 is 17.5 Å². The number of amides is 2. The van der Waals surface area contributed by atoms with Gasteiger partial charge in [0.2, 0.25) is 11.8 Å². The van der Waals surface area contributed by atoms with E-state index >= 15 is 0 Å². The highest BCUT2D eigenvalue weighted by Crippen LogP contribution is 2.32. The third-order valence-electron chi connectivity index (χ3n) is 6.64. The van der Waals surface area contributed by atoms with Crippen molar-refractivity contribution in [2.45, 2.75) is 52.5 Å². The summed E-state index contributed by atoms with van der Waals surface area (Å²) in [6.07, 6.45) is 0. The van der Waals surface area contributed by atoms with Crippen molar-refractivity contribution < 1.29 is 14.3 Å². The van der Waals surface area contributed by atoms with Gasteiger partial charge in [0.15, 0.2) is 0 Å². The molecular formula is C25H40N4O3. The topological polar surface area (TPSA) is 65.1 Å². The largest absolute Gasteiger partial charge is 0.378 e. The lowest BCUT2D eigenvalue weighted by molar-refractivity contribution is -0.141. The van der Waals surface area contributed by atoms with Crippen molar-refractivity contribution in [3.8, 4) is 0 Å². The van der Waals surface area contributed by atoms with Gasteiger partial charge in [0.1, 0.15) is 0 Å². The molecule has 7 nitrogen and oxygen atoms in total. The van der Waals surface area contributed by atoms with E-state index in [0.717, 1.165) is 31.9 Å². The molecule has 1 aromatic carbocycles. The van der Waals surface area contributed by atoms with E-state index in [4.69, 9.17) is 4.74 Å². The van der Waals surface area contributed by atoms with Crippen LogP contribution < -0.4 is 5.32 Å². The Hall–Kier alpha value is -1.96. The van der Waals surface area contributed by atoms with Crippen LogP contribution in [0, 0.1) is 0 Å². The highest BCUT2D eigenvalue weighted by atomic mass is 16.5. The Bertz CT molecular complexity index is 755. The van der Waals surface area contributed by atoms with Crippen LogP contribution in [0.15, 0.2) is 18.2 Å². The van der Waals surface area contributed by atoms with E-state index in [9.17, 15) is 9.59 Å². The first-order valence-corrected chi connectivity index (χ1v) is 12.0. The molecule has 32 heavy (non-hydrogen) atoms. The lowest BCUT2D eigenvalue weighted by Gasteiger charge is -2.39. The normalized spacial score (nSPS) is 19.4. The van der Waals surface area contributed by atoms with Crippen LogP contribution in [0.4, 0.5) is 5.69 Å². The summed E-state index contributed by atoms with van der Waals surface area (Å²) in [7, 11) is 0. The van der Waals surface area contributed by atoms with Gasteiger partial charge in [0.25, 0.3) is 0 Å². The molecule has 7 heteroatoms. The third kappa shape index (κ3) is 6.09. The van der Waals surface area contributed by atoms with Crippen molar-refractivity contribution in [2.24, 2.45) is 0 Å². The van der Waals surface area contributed by atoms with Crippen LogP contribution in [0.2, 0.25) is 0 Å². The van der Waals surface area contributed by atoms with Gasteiger partial charge >= 0.3 is 0 Å². The minimum Gasteiger partial charge on any atom is -0.378 e. The first-order valence-electron chi connectivity index (χ1n) is 12.0. The van der Waals surface area contributed by atoms with E-state index in [-0.39, 0.29) is 17.9 Å². The number of para-hydroxylation sites is 1. The Balaban J connectivity index is 1.53. The Morgan fingerprint density at radius 1 is 0.906 bits per heavy atom. The number of piperazine rings is 1. The Labute approximate surface area is 193 Å². The number of anilines is 1. The van der Waals surface area contributed by atoms with Crippen LogP contribution in [0.1, 0.15) is 57.6 Å². The maximum Gasteiger partial charge on any atom is 0.239 e. The van der Waals surface area contributed by atoms with Crippen LogP contribution >= 0.6 is 0 Å². The molecule has 1 atom stereocenters. The number of rotatable bonds is 7. The minimum absolute atomic E-state index is 0.0332. The van der Waals surface area contributed by atoms with Gasteiger partial charge in [0, 0.05) is 45.0 Å². The summed E-state index contributed by atoms with van der Waals surface area (Å²) in [4.78, 5) is 32.0. The molecule has 3 rings (SSSR count). The predicted molar refractivity (Wildman–Crippen MR) is 128 cm³/mol. The third-order valence-corrected chi connectivity index (χ3v) is 6.64. The van der Waals surface area contributed by atoms with Crippen molar-refractivity contribution in [1.29, 1.82) is 0 Å². The van der Waals surface area contributed by atoms with Crippen LogP contribution in [0.25, 0.3) is 0 Å². The molecule has 1 N–H and O–H groups in total. The second-order valence-corrected chi connectivity index (χ2v) is 9.59. The van der Waals surface area contributed by atoms with Gasteiger partial charge in [-0.2, -0.15) is 0 Å². The Morgan fingerprint density at radius 2 is 1.47 bits per heavy atom. The number of carbonyl (C=O) groups excluding carboxylic acids is 2. The molecule has 2 saturated heterocycles. The number of nitrogens with one attached hydrogen (secondary N) is 1. The summed E-state index contributed by atoms with van der Waals surface area (Å²) in [6, 6.07) is 6.17. The smallest absolute Gasteiger partial charge is 0.239 e. The number of ether oxygens (including phenoxy) is 1. The first-order chi connectivity index (χ1) is 15.3. The van der Waals surface area contributed by atoms with Gasteiger partial charge in [-0.25, -0.2) is 0 Å². The SMILES string of the molecule is CC(C)c1cccc(C(C)C)c1NC(=O)CN1CCN(C(C)C(=O)N2CCOCC2)CC1. The number of hydrogen-bond donors (Lipinski definition) is 1. The summed E-state index contributed by atoms with van der Waals surface area (Å²) < 4.78 is 5.36. The fourth-order valence-electron chi connectivity index (χ4n) is 4.59. The lowest BCUT2D eigenvalue weighted by Crippen LogP contribution is -2.56. The van der Waals surface area contributed by atoms with Gasteiger partial charge in [-0.15, -0.1) is 0 Å². The Kier molecular flexibility index (Phi) is 8.68. The van der Waals surface area contributed by atoms with Crippen LogP contribution in [-0.4, -0.2) is 91.6 Å². The fraction of sp³-hybridized carbons (Fsp3) is 0.680. The second kappa shape index (κ2) is 11.3. The monoisotopic (exact) mass is 444 g/mol. The number of morpholine rings is 1. The molecule has 2 heterocycles. The Morgan fingerprint density at radius 3 is 2.00 bits per heavy atom. The molecule has 178 valence electrons. The van der Waals surface area contributed by atoms with E-state index in [0.29, 0.717) is 44.7 Å². The minimum atomic E-state index is -0.129.